The summed E-state index contributed by atoms with van der Waals surface area (Å²) in [5, 5.41) is 12.6. The monoisotopic (exact) mass is 320 g/mol. The van der Waals surface area contributed by atoms with Gasteiger partial charge in [-0.05, 0) is 33.2 Å². The molecule has 0 radical (unpaired) electrons. The highest BCUT2D eigenvalue weighted by Gasteiger charge is 2.16. The van der Waals surface area contributed by atoms with Crippen molar-refractivity contribution in [3.63, 3.8) is 0 Å². The third-order valence-corrected chi connectivity index (χ3v) is 4.73. The average Bonchev–Trinajstić information content (AvgIpc) is 3.16. The van der Waals surface area contributed by atoms with Crippen LogP contribution in [0.1, 0.15) is 0 Å². The van der Waals surface area contributed by atoms with Crippen LogP contribution in [0.2, 0.25) is 0 Å². The molecule has 118 valence electrons. The van der Waals surface area contributed by atoms with Gasteiger partial charge in [0.1, 0.15) is 5.69 Å². The molecule has 1 aromatic heterocycles. The van der Waals surface area contributed by atoms with Gasteiger partial charge in [-0.1, -0.05) is 78.9 Å². The van der Waals surface area contributed by atoms with Crippen molar-refractivity contribution < 1.29 is 0 Å². The second-order valence-corrected chi connectivity index (χ2v) is 6.21. The van der Waals surface area contributed by atoms with E-state index in [-0.39, 0.29) is 0 Å². The van der Waals surface area contributed by atoms with Crippen molar-refractivity contribution in [1.29, 1.82) is 0 Å². The Balaban J connectivity index is 1.91. The van der Waals surface area contributed by atoms with E-state index in [0.717, 1.165) is 11.3 Å². The zero-order chi connectivity index (χ0) is 16.6. The van der Waals surface area contributed by atoms with Crippen LogP contribution in [0.25, 0.3) is 43.9 Å². The summed E-state index contributed by atoms with van der Waals surface area (Å²) >= 11 is 0. The molecule has 0 saturated heterocycles. The molecule has 0 amide bonds. The van der Waals surface area contributed by atoms with E-state index in [9.17, 15) is 0 Å². The van der Waals surface area contributed by atoms with Crippen LogP contribution in [-0.4, -0.2) is 10.2 Å². The molecule has 0 fully saturated rings. The molecule has 0 aliphatic heterocycles. The second kappa shape index (κ2) is 5.60. The number of hydrogen-bond acceptors (Lipinski definition) is 1. The Morgan fingerprint density at radius 1 is 0.640 bits per heavy atom. The fourth-order valence-corrected chi connectivity index (χ4v) is 3.59. The van der Waals surface area contributed by atoms with E-state index in [1.54, 1.807) is 0 Å². The topological polar surface area (TPSA) is 28.7 Å². The zero-order valence-corrected chi connectivity index (χ0v) is 13.6. The SMILES string of the molecule is c1ccc(-c2c[nH]nc2-c2c3ccccc3cc3ccccc23)cc1. The van der Waals surface area contributed by atoms with Gasteiger partial charge < -0.3 is 0 Å². The first-order chi connectivity index (χ1) is 12.4. The first kappa shape index (κ1) is 14.0. The minimum Gasteiger partial charge on any atom is -0.284 e. The summed E-state index contributed by atoms with van der Waals surface area (Å²) in [6.07, 6.45) is 1.99. The van der Waals surface area contributed by atoms with Gasteiger partial charge in [0.25, 0.3) is 0 Å². The molecule has 2 heteroatoms. The van der Waals surface area contributed by atoms with Crippen molar-refractivity contribution in [1.82, 2.24) is 10.2 Å². The van der Waals surface area contributed by atoms with Gasteiger partial charge in [0, 0.05) is 17.3 Å². The Kier molecular flexibility index (Phi) is 3.14. The molecule has 1 N–H and O–H groups in total. The molecular formula is C23H16N2. The van der Waals surface area contributed by atoms with Crippen LogP contribution < -0.4 is 0 Å². The number of benzene rings is 4. The molecule has 5 aromatic rings. The Bertz CT molecular complexity index is 1130. The maximum atomic E-state index is 4.64. The highest BCUT2D eigenvalue weighted by Crippen LogP contribution is 2.39. The lowest BCUT2D eigenvalue weighted by molar-refractivity contribution is 1.10. The van der Waals surface area contributed by atoms with E-state index in [4.69, 9.17) is 0 Å². The van der Waals surface area contributed by atoms with E-state index in [0.29, 0.717) is 0 Å². The number of aromatic nitrogens is 2. The molecule has 0 aliphatic carbocycles. The number of rotatable bonds is 2. The zero-order valence-electron chi connectivity index (χ0n) is 13.6. The molecule has 0 bridgehead atoms. The largest absolute Gasteiger partial charge is 0.284 e. The third kappa shape index (κ3) is 2.23. The van der Waals surface area contributed by atoms with Crippen LogP contribution in [0, 0.1) is 0 Å². The lowest BCUT2D eigenvalue weighted by Crippen LogP contribution is -1.88. The van der Waals surface area contributed by atoms with Crippen molar-refractivity contribution in [3.05, 3.63) is 91.1 Å². The summed E-state index contributed by atoms with van der Waals surface area (Å²) in [5.74, 6) is 0. The molecule has 2 nitrogen and oxygen atoms in total. The first-order valence-electron chi connectivity index (χ1n) is 8.42. The Morgan fingerprint density at radius 2 is 1.24 bits per heavy atom. The minimum absolute atomic E-state index is 0.999. The Morgan fingerprint density at radius 3 is 1.92 bits per heavy atom. The lowest BCUT2D eigenvalue weighted by atomic mass is 9.92. The van der Waals surface area contributed by atoms with E-state index < -0.39 is 0 Å². The number of hydrogen-bond donors (Lipinski definition) is 1. The predicted octanol–water partition coefficient (Wildman–Crippen LogP) is 6.05. The summed E-state index contributed by atoms with van der Waals surface area (Å²) in [6, 6.07) is 29.7. The van der Waals surface area contributed by atoms with Gasteiger partial charge >= 0.3 is 0 Å². The fourth-order valence-electron chi connectivity index (χ4n) is 3.59. The van der Waals surface area contributed by atoms with Gasteiger partial charge in [-0.3, -0.25) is 5.10 Å². The average molecular weight is 320 g/mol. The van der Waals surface area contributed by atoms with Gasteiger partial charge in [-0.2, -0.15) is 5.10 Å². The number of aromatic amines is 1. The van der Waals surface area contributed by atoms with Gasteiger partial charge in [-0.25, -0.2) is 0 Å². The van der Waals surface area contributed by atoms with Crippen molar-refractivity contribution in [2.45, 2.75) is 0 Å². The summed E-state index contributed by atoms with van der Waals surface area (Å²) in [6.45, 7) is 0. The van der Waals surface area contributed by atoms with E-state index >= 15 is 0 Å². The van der Waals surface area contributed by atoms with Gasteiger partial charge in [0.05, 0.1) is 0 Å². The normalized spacial score (nSPS) is 11.2. The van der Waals surface area contributed by atoms with Crippen LogP contribution in [0.15, 0.2) is 91.1 Å². The molecule has 0 aliphatic rings. The smallest absolute Gasteiger partial charge is 0.101 e. The van der Waals surface area contributed by atoms with Gasteiger partial charge in [0.15, 0.2) is 0 Å². The maximum Gasteiger partial charge on any atom is 0.101 e. The lowest BCUT2D eigenvalue weighted by Gasteiger charge is -2.11. The Labute approximate surface area is 145 Å². The summed E-state index contributed by atoms with van der Waals surface area (Å²) in [4.78, 5) is 0. The van der Waals surface area contributed by atoms with Crippen LogP contribution in [0.3, 0.4) is 0 Å². The van der Waals surface area contributed by atoms with Crippen molar-refractivity contribution in [2.75, 3.05) is 0 Å². The molecule has 0 spiro atoms. The Hall–Kier alpha value is -3.39. The van der Waals surface area contributed by atoms with Crippen LogP contribution in [0.5, 0.6) is 0 Å². The van der Waals surface area contributed by atoms with Crippen molar-refractivity contribution in [3.8, 4) is 22.4 Å². The highest BCUT2D eigenvalue weighted by atomic mass is 15.1. The number of nitrogens with one attached hydrogen (secondary N) is 1. The molecule has 4 aromatic carbocycles. The van der Waals surface area contributed by atoms with Gasteiger partial charge in [-0.15, -0.1) is 0 Å². The molecule has 0 unspecified atom stereocenters. The molecular weight excluding hydrogens is 304 g/mol. The molecule has 0 saturated carbocycles. The number of nitrogens with zero attached hydrogens (tertiary/aromatic N) is 1. The van der Waals surface area contributed by atoms with E-state index in [1.165, 1.54) is 32.7 Å². The summed E-state index contributed by atoms with van der Waals surface area (Å²) in [5.41, 5.74) is 4.48. The highest BCUT2D eigenvalue weighted by molar-refractivity contribution is 6.13. The maximum absolute atomic E-state index is 4.64. The predicted molar refractivity (Wildman–Crippen MR) is 104 cm³/mol. The van der Waals surface area contributed by atoms with Crippen molar-refractivity contribution >= 4 is 21.5 Å². The standard InChI is InChI=1S/C23H16N2/c1-2-8-16(9-3-1)21-15-24-25-23(21)22-19-12-6-4-10-17(19)14-18-11-5-7-13-20(18)22/h1-15H,(H,24,25). The van der Waals surface area contributed by atoms with Crippen molar-refractivity contribution in [2.24, 2.45) is 0 Å². The first-order valence-corrected chi connectivity index (χ1v) is 8.42. The van der Waals surface area contributed by atoms with Gasteiger partial charge in [0.2, 0.25) is 0 Å². The summed E-state index contributed by atoms with van der Waals surface area (Å²) in [7, 11) is 0. The second-order valence-electron chi connectivity index (χ2n) is 6.21. The summed E-state index contributed by atoms with van der Waals surface area (Å²) < 4.78 is 0. The quantitative estimate of drug-likeness (QED) is 0.394. The van der Waals surface area contributed by atoms with Crippen LogP contribution in [-0.2, 0) is 0 Å². The molecule has 0 atom stereocenters. The van der Waals surface area contributed by atoms with Crippen LogP contribution >= 0.6 is 0 Å². The van der Waals surface area contributed by atoms with E-state index in [2.05, 4.69) is 89.1 Å². The molecule has 1 heterocycles. The van der Waals surface area contributed by atoms with E-state index in [1.807, 2.05) is 12.3 Å². The molecule has 25 heavy (non-hydrogen) atoms. The minimum atomic E-state index is 0.999. The number of fused-ring (bicyclic) bond motifs is 2. The number of H-pyrrole nitrogens is 1. The third-order valence-electron chi connectivity index (χ3n) is 4.73. The molecule has 5 rings (SSSR count). The fraction of sp³-hybridized carbons (Fsp3) is 0. The van der Waals surface area contributed by atoms with Crippen LogP contribution in [0.4, 0.5) is 0 Å².